The molecule has 1 aliphatic rings. The summed E-state index contributed by atoms with van der Waals surface area (Å²) in [6, 6.07) is 5.00. The molecule has 11 nitrogen and oxygen atoms in total. The van der Waals surface area contributed by atoms with Crippen molar-refractivity contribution in [2.45, 2.75) is 13.0 Å². The summed E-state index contributed by atoms with van der Waals surface area (Å²) in [5.41, 5.74) is 8.01. The van der Waals surface area contributed by atoms with Gasteiger partial charge >= 0.3 is 0 Å². The molecule has 11 heteroatoms. The van der Waals surface area contributed by atoms with Crippen LogP contribution in [0.3, 0.4) is 0 Å². The van der Waals surface area contributed by atoms with Crippen LogP contribution in [0.15, 0.2) is 37.2 Å². The number of hydrogen-bond donors (Lipinski definition) is 1. The van der Waals surface area contributed by atoms with Gasteiger partial charge in [0.05, 0.1) is 31.7 Å². The molecule has 2 N–H and O–H groups in total. The molecule has 0 aliphatic carbocycles. The summed E-state index contributed by atoms with van der Waals surface area (Å²) in [7, 11) is 0. The highest BCUT2D eigenvalue weighted by molar-refractivity contribution is 5.96. The maximum atomic E-state index is 12.5. The molecular formula is C22H26N8O3. The highest BCUT2D eigenvalue weighted by atomic mass is 16.5. The van der Waals surface area contributed by atoms with Crippen LogP contribution in [-0.4, -0.2) is 81.1 Å². The van der Waals surface area contributed by atoms with Gasteiger partial charge in [0.1, 0.15) is 5.52 Å². The van der Waals surface area contributed by atoms with E-state index in [-0.39, 0.29) is 5.91 Å². The Morgan fingerprint density at radius 2 is 1.88 bits per heavy atom. The first-order valence-electron chi connectivity index (χ1n) is 10.7. The van der Waals surface area contributed by atoms with Gasteiger partial charge in [-0.2, -0.15) is 0 Å². The number of primary amides is 1. The van der Waals surface area contributed by atoms with Crippen LogP contribution < -0.4 is 10.6 Å². The van der Waals surface area contributed by atoms with Crippen LogP contribution in [0.25, 0.3) is 17.1 Å². The molecule has 1 aliphatic heterocycles. The summed E-state index contributed by atoms with van der Waals surface area (Å²) in [5.74, 6) is 0.230. The second-order valence-electron chi connectivity index (χ2n) is 7.63. The predicted molar refractivity (Wildman–Crippen MR) is 122 cm³/mol. The molecule has 33 heavy (non-hydrogen) atoms. The Morgan fingerprint density at radius 1 is 1.12 bits per heavy atom. The fraction of sp³-hybridized carbons (Fsp3) is 0.364. The summed E-state index contributed by atoms with van der Waals surface area (Å²) >= 11 is 0. The molecule has 172 valence electrons. The van der Waals surface area contributed by atoms with Crippen molar-refractivity contribution in [3.63, 3.8) is 0 Å². The zero-order chi connectivity index (χ0) is 23.2. The van der Waals surface area contributed by atoms with E-state index < -0.39 is 5.91 Å². The van der Waals surface area contributed by atoms with Gasteiger partial charge in [-0.25, -0.2) is 14.6 Å². The van der Waals surface area contributed by atoms with Crippen LogP contribution >= 0.6 is 0 Å². The summed E-state index contributed by atoms with van der Waals surface area (Å²) in [6.07, 6.45) is 5.50. The van der Waals surface area contributed by atoms with Crippen molar-refractivity contribution in [3.8, 4) is 0 Å². The smallest absolute Gasteiger partial charge is 0.248 e. The van der Waals surface area contributed by atoms with Gasteiger partial charge in [0.25, 0.3) is 0 Å². The lowest BCUT2D eigenvalue weighted by atomic mass is 10.2. The molecule has 1 fully saturated rings. The lowest BCUT2D eigenvalue weighted by molar-refractivity contribution is -0.132. The molecule has 0 unspecified atom stereocenters. The van der Waals surface area contributed by atoms with Gasteiger partial charge in [-0.15, -0.1) is 5.10 Å². The van der Waals surface area contributed by atoms with E-state index in [9.17, 15) is 9.59 Å². The number of rotatable bonds is 9. The minimum atomic E-state index is -0.502. The Kier molecular flexibility index (Phi) is 6.89. The molecule has 4 rings (SSSR count). The molecule has 3 aromatic rings. The molecule has 3 heterocycles. The first-order valence-corrected chi connectivity index (χ1v) is 10.7. The van der Waals surface area contributed by atoms with Crippen molar-refractivity contribution in [1.29, 1.82) is 0 Å². The van der Waals surface area contributed by atoms with E-state index in [0.717, 1.165) is 5.56 Å². The summed E-state index contributed by atoms with van der Waals surface area (Å²) in [4.78, 5) is 36.5. The fourth-order valence-electron chi connectivity index (χ4n) is 3.61. The number of carbonyl (C=O) groups is 2. The summed E-state index contributed by atoms with van der Waals surface area (Å²) in [5, 5.41) is 8.15. The topological polar surface area (TPSA) is 132 Å². The Balaban J connectivity index is 1.18. The normalized spacial score (nSPS) is 13.9. The van der Waals surface area contributed by atoms with Gasteiger partial charge in [-0.1, -0.05) is 17.9 Å². The highest BCUT2D eigenvalue weighted by Crippen LogP contribution is 2.14. The maximum absolute atomic E-state index is 12.5. The Hall–Kier alpha value is -3.86. The van der Waals surface area contributed by atoms with Crippen LogP contribution in [0.4, 0.5) is 5.95 Å². The van der Waals surface area contributed by atoms with Crippen LogP contribution in [-0.2, 0) is 16.1 Å². The zero-order valence-electron chi connectivity index (χ0n) is 18.3. The lowest BCUT2D eigenvalue weighted by Crippen LogP contribution is -2.49. The number of nitrogens with two attached hydrogens (primary N) is 1. The van der Waals surface area contributed by atoms with Crippen molar-refractivity contribution < 1.29 is 14.3 Å². The lowest BCUT2D eigenvalue weighted by Gasteiger charge is -2.34. The Labute approximate surface area is 190 Å². The van der Waals surface area contributed by atoms with Gasteiger partial charge in [-0.3, -0.25) is 9.59 Å². The average Bonchev–Trinajstić information content (AvgIpc) is 3.26. The third kappa shape index (κ3) is 5.32. The second-order valence-corrected chi connectivity index (χ2v) is 7.63. The van der Waals surface area contributed by atoms with Crippen LogP contribution in [0.2, 0.25) is 0 Å². The Bertz CT molecular complexity index is 1140. The number of nitrogens with zero attached hydrogens (tertiary/aromatic N) is 7. The largest absolute Gasteiger partial charge is 0.379 e. The number of piperazine rings is 1. The molecule has 0 bridgehead atoms. The van der Waals surface area contributed by atoms with E-state index in [1.165, 1.54) is 0 Å². The molecule has 2 aromatic heterocycles. The summed E-state index contributed by atoms with van der Waals surface area (Å²) < 4.78 is 7.30. The van der Waals surface area contributed by atoms with Crippen molar-refractivity contribution >= 4 is 34.9 Å². The van der Waals surface area contributed by atoms with E-state index in [4.69, 9.17) is 10.5 Å². The van der Waals surface area contributed by atoms with Crippen LogP contribution in [0.5, 0.6) is 0 Å². The average molecular weight is 451 g/mol. The van der Waals surface area contributed by atoms with Crippen molar-refractivity contribution in [2.75, 3.05) is 44.3 Å². The number of benzene rings is 1. The van der Waals surface area contributed by atoms with Crippen molar-refractivity contribution in [1.82, 2.24) is 29.9 Å². The molecule has 0 atom stereocenters. The molecule has 0 radical (unpaired) electrons. The number of hydrogen-bond acceptors (Lipinski definition) is 8. The number of amides is 2. The van der Waals surface area contributed by atoms with Crippen LogP contribution in [0.1, 0.15) is 22.3 Å². The molecular weight excluding hydrogens is 424 g/mol. The van der Waals surface area contributed by atoms with E-state index in [1.807, 2.05) is 4.90 Å². The van der Waals surface area contributed by atoms with Gasteiger partial charge < -0.3 is 20.3 Å². The number of carbonyl (C=O) groups excluding carboxylic acids is 2. The van der Waals surface area contributed by atoms with Crippen LogP contribution in [0, 0.1) is 0 Å². The number of ether oxygens (including phenoxy) is 1. The molecule has 0 saturated carbocycles. The first-order chi connectivity index (χ1) is 16.0. The van der Waals surface area contributed by atoms with Crippen molar-refractivity contribution in [3.05, 3.63) is 48.3 Å². The molecule has 1 saturated heterocycles. The van der Waals surface area contributed by atoms with E-state index in [2.05, 4.69) is 31.8 Å². The summed E-state index contributed by atoms with van der Waals surface area (Å²) in [6.45, 7) is 7.48. The van der Waals surface area contributed by atoms with Crippen molar-refractivity contribution in [2.24, 2.45) is 5.73 Å². The Morgan fingerprint density at radius 3 is 2.58 bits per heavy atom. The fourth-order valence-corrected chi connectivity index (χ4v) is 3.61. The monoisotopic (exact) mass is 450 g/mol. The van der Waals surface area contributed by atoms with E-state index >= 15 is 0 Å². The maximum Gasteiger partial charge on any atom is 0.248 e. The standard InChI is InChI=1S/C22H26N8O3/c1-2-16-14-24-22(25-15-16)29-8-6-28(7-9-29)20(31)5-11-33-12-10-30-19-13-17(21(23)32)3-4-18(19)26-27-30/h2-4,13-15H,1,5-12H2,(H2,23,32). The zero-order valence-corrected chi connectivity index (χ0v) is 18.3. The predicted octanol–water partition coefficient (Wildman–Crippen LogP) is 0.719. The number of anilines is 1. The third-order valence-electron chi connectivity index (χ3n) is 5.52. The second kappa shape index (κ2) is 10.2. The number of fused-ring (bicyclic) bond motifs is 1. The molecule has 0 spiro atoms. The van der Waals surface area contributed by atoms with Gasteiger partial charge in [0, 0.05) is 49.7 Å². The molecule has 2 amide bonds. The van der Waals surface area contributed by atoms with Gasteiger partial charge in [0.15, 0.2) is 0 Å². The SMILES string of the molecule is C=Cc1cnc(N2CCN(C(=O)CCOCCn3nnc4ccc(C(N)=O)cc43)CC2)nc1. The van der Waals surface area contributed by atoms with Gasteiger partial charge in [-0.05, 0) is 18.2 Å². The van der Waals surface area contributed by atoms with Gasteiger partial charge in [0.2, 0.25) is 17.8 Å². The molecule has 1 aromatic carbocycles. The van der Waals surface area contributed by atoms with E-state index in [1.54, 1.807) is 41.4 Å². The number of aromatic nitrogens is 5. The minimum Gasteiger partial charge on any atom is -0.379 e. The third-order valence-corrected chi connectivity index (χ3v) is 5.52. The highest BCUT2D eigenvalue weighted by Gasteiger charge is 2.22. The first kappa shape index (κ1) is 22.3. The quantitative estimate of drug-likeness (QED) is 0.472. The van der Waals surface area contributed by atoms with E-state index in [0.29, 0.717) is 74.9 Å². The minimum absolute atomic E-state index is 0.0647.